The lowest BCUT2D eigenvalue weighted by Gasteiger charge is -2.32. The Morgan fingerprint density at radius 1 is 1.56 bits per heavy atom. The van der Waals surface area contributed by atoms with E-state index in [2.05, 4.69) is 18.9 Å². The van der Waals surface area contributed by atoms with Gasteiger partial charge in [0.25, 0.3) is 0 Å². The van der Waals surface area contributed by atoms with Crippen LogP contribution in [-0.4, -0.2) is 35.7 Å². The van der Waals surface area contributed by atoms with Crippen LogP contribution >= 0.6 is 0 Å². The van der Waals surface area contributed by atoms with E-state index in [0.29, 0.717) is 6.04 Å². The van der Waals surface area contributed by atoms with Crippen LogP contribution in [0.4, 0.5) is 0 Å². The van der Waals surface area contributed by atoms with Gasteiger partial charge in [0.2, 0.25) is 0 Å². The lowest BCUT2D eigenvalue weighted by atomic mass is 10.0. The van der Waals surface area contributed by atoms with Crippen molar-refractivity contribution in [2.24, 2.45) is 0 Å². The Balaban J connectivity index is 2.35. The fourth-order valence-corrected chi connectivity index (χ4v) is 1.26. The zero-order chi connectivity index (χ0) is 6.85. The Hall–Kier alpha value is -0.0800. The number of aliphatic hydroxyl groups excluding tert-OH is 1. The lowest BCUT2D eigenvalue weighted by molar-refractivity contribution is 0.0624. The maximum atomic E-state index is 9.17. The van der Waals surface area contributed by atoms with Gasteiger partial charge < -0.3 is 10.0 Å². The highest BCUT2D eigenvalue weighted by Gasteiger charge is 2.19. The highest BCUT2D eigenvalue weighted by atomic mass is 16.3. The summed E-state index contributed by atoms with van der Waals surface area (Å²) in [5.74, 6) is 0. The summed E-state index contributed by atoms with van der Waals surface area (Å²) in [6.07, 6.45) is 1.84. The molecule has 0 spiro atoms. The summed E-state index contributed by atoms with van der Waals surface area (Å²) >= 11 is 0. The fourth-order valence-electron chi connectivity index (χ4n) is 1.26. The molecule has 0 aromatic carbocycles. The summed E-state index contributed by atoms with van der Waals surface area (Å²) in [7, 11) is 2.11. The Morgan fingerprint density at radius 3 is 2.67 bits per heavy atom. The van der Waals surface area contributed by atoms with Crippen LogP contribution in [0.3, 0.4) is 0 Å². The van der Waals surface area contributed by atoms with Gasteiger partial charge in [0.15, 0.2) is 0 Å². The molecule has 0 aromatic heterocycles. The van der Waals surface area contributed by atoms with Crippen LogP contribution < -0.4 is 0 Å². The van der Waals surface area contributed by atoms with Gasteiger partial charge >= 0.3 is 0 Å². The van der Waals surface area contributed by atoms with Crippen molar-refractivity contribution < 1.29 is 5.11 Å². The number of rotatable bonds is 0. The monoisotopic (exact) mass is 129 g/mol. The summed E-state index contributed by atoms with van der Waals surface area (Å²) in [5.41, 5.74) is 0. The predicted molar refractivity (Wildman–Crippen MR) is 37.3 cm³/mol. The molecule has 1 aliphatic rings. The molecule has 1 rings (SSSR count). The predicted octanol–water partition coefficient (Wildman–Crippen LogP) is 0.461. The highest BCUT2D eigenvalue weighted by molar-refractivity contribution is 4.75. The zero-order valence-electron chi connectivity index (χ0n) is 6.17. The first kappa shape index (κ1) is 7.03. The van der Waals surface area contributed by atoms with Gasteiger partial charge in [0.05, 0.1) is 6.10 Å². The van der Waals surface area contributed by atoms with Crippen LogP contribution in [0.25, 0.3) is 0 Å². The molecule has 0 radical (unpaired) electrons. The van der Waals surface area contributed by atoms with Gasteiger partial charge in [-0.2, -0.15) is 0 Å². The molecule has 54 valence electrons. The third-order valence-corrected chi connectivity index (χ3v) is 2.18. The van der Waals surface area contributed by atoms with E-state index in [1.165, 1.54) is 0 Å². The molecule has 1 heterocycles. The van der Waals surface area contributed by atoms with Crippen molar-refractivity contribution in [2.75, 3.05) is 13.6 Å². The van der Waals surface area contributed by atoms with Crippen molar-refractivity contribution in [2.45, 2.75) is 31.9 Å². The molecule has 2 nitrogen and oxygen atoms in total. The van der Waals surface area contributed by atoms with E-state index in [0.717, 1.165) is 19.4 Å². The second-order valence-electron chi connectivity index (χ2n) is 3.01. The molecule has 0 bridgehead atoms. The second kappa shape index (κ2) is 2.67. The van der Waals surface area contributed by atoms with Crippen LogP contribution in [0, 0.1) is 0 Å². The number of likely N-dealkylation sites (tertiary alicyclic amines) is 1. The van der Waals surface area contributed by atoms with Gasteiger partial charge in [0, 0.05) is 12.6 Å². The Labute approximate surface area is 56.5 Å². The van der Waals surface area contributed by atoms with E-state index in [1.54, 1.807) is 0 Å². The number of aliphatic hydroxyl groups is 1. The minimum Gasteiger partial charge on any atom is -0.393 e. The third-order valence-electron chi connectivity index (χ3n) is 2.18. The topological polar surface area (TPSA) is 23.5 Å². The molecule has 9 heavy (non-hydrogen) atoms. The van der Waals surface area contributed by atoms with Crippen LogP contribution in [0.2, 0.25) is 0 Å². The molecule has 1 N–H and O–H groups in total. The standard InChI is InChI=1S/C7H15NO/c1-6-5-7(9)3-4-8(6)2/h6-7,9H,3-5H2,1-2H3. The fraction of sp³-hybridized carbons (Fsp3) is 1.00. The van der Waals surface area contributed by atoms with Gasteiger partial charge in [0.1, 0.15) is 0 Å². The maximum absolute atomic E-state index is 9.17. The van der Waals surface area contributed by atoms with Gasteiger partial charge in [-0.1, -0.05) is 0 Å². The summed E-state index contributed by atoms with van der Waals surface area (Å²) < 4.78 is 0. The maximum Gasteiger partial charge on any atom is 0.0567 e. The number of hydrogen-bond donors (Lipinski definition) is 1. The van der Waals surface area contributed by atoms with Crippen LogP contribution in [-0.2, 0) is 0 Å². The van der Waals surface area contributed by atoms with Gasteiger partial charge in [-0.3, -0.25) is 0 Å². The van der Waals surface area contributed by atoms with Crippen molar-refractivity contribution >= 4 is 0 Å². The molecule has 0 aromatic rings. The molecule has 2 heteroatoms. The molecule has 1 aliphatic heterocycles. The largest absolute Gasteiger partial charge is 0.393 e. The Morgan fingerprint density at radius 2 is 2.22 bits per heavy atom. The highest BCUT2D eigenvalue weighted by Crippen LogP contribution is 2.14. The van der Waals surface area contributed by atoms with Crippen molar-refractivity contribution in [3.63, 3.8) is 0 Å². The zero-order valence-corrected chi connectivity index (χ0v) is 6.17. The Kier molecular flexibility index (Phi) is 2.09. The van der Waals surface area contributed by atoms with E-state index >= 15 is 0 Å². The molecule has 1 fully saturated rings. The molecule has 2 atom stereocenters. The Bertz CT molecular complexity index is 94.9. The van der Waals surface area contributed by atoms with E-state index in [4.69, 9.17) is 0 Å². The molecule has 0 aliphatic carbocycles. The summed E-state index contributed by atoms with van der Waals surface area (Å²) in [6.45, 7) is 3.20. The minimum absolute atomic E-state index is 0.0452. The second-order valence-corrected chi connectivity index (χ2v) is 3.01. The van der Waals surface area contributed by atoms with E-state index < -0.39 is 0 Å². The van der Waals surface area contributed by atoms with Crippen molar-refractivity contribution in [1.29, 1.82) is 0 Å². The van der Waals surface area contributed by atoms with Crippen molar-refractivity contribution in [3.05, 3.63) is 0 Å². The minimum atomic E-state index is -0.0452. The first-order chi connectivity index (χ1) is 4.20. The molecule has 2 unspecified atom stereocenters. The summed E-state index contributed by atoms with van der Waals surface area (Å²) in [4.78, 5) is 2.28. The van der Waals surface area contributed by atoms with E-state index in [9.17, 15) is 5.11 Å². The molecule has 1 saturated heterocycles. The molecule has 0 saturated carbocycles. The average molecular weight is 129 g/mol. The normalized spacial score (nSPS) is 39.0. The van der Waals surface area contributed by atoms with Crippen LogP contribution in [0.15, 0.2) is 0 Å². The third kappa shape index (κ3) is 1.66. The van der Waals surface area contributed by atoms with Gasteiger partial charge in [-0.25, -0.2) is 0 Å². The number of piperidine rings is 1. The van der Waals surface area contributed by atoms with Crippen molar-refractivity contribution in [3.8, 4) is 0 Å². The number of hydrogen-bond acceptors (Lipinski definition) is 2. The smallest absolute Gasteiger partial charge is 0.0567 e. The van der Waals surface area contributed by atoms with Gasteiger partial charge in [-0.15, -0.1) is 0 Å². The average Bonchev–Trinajstić information content (AvgIpc) is 1.80. The molecule has 0 amide bonds. The lowest BCUT2D eigenvalue weighted by Crippen LogP contribution is -2.39. The quantitative estimate of drug-likeness (QED) is 0.513. The van der Waals surface area contributed by atoms with Gasteiger partial charge in [-0.05, 0) is 26.8 Å². The van der Waals surface area contributed by atoms with E-state index in [-0.39, 0.29) is 6.10 Å². The SMILES string of the molecule is CC1CC(O)CCN1C. The summed E-state index contributed by atoms with van der Waals surface area (Å²) in [6, 6.07) is 0.564. The molecular formula is C7H15NO. The van der Waals surface area contributed by atoms with Crippen LogP contribution in [0.5, 0.6) is 0 Å². The first-order valence-corrected chi connectivity index (χ1v) is 3.58. The molecular weight excluding hydrogens is 114 g/mol. The number of nitrogens with zero attached hydrogens (tertiary/aromatic N) is 1. The first-order valence-electron chi connectivity index (χ1n) is 3.58. The summed E-state index contributed by atoms with van der Waals surface area (Å²) in [5, 5.41) is 9.17. The van der Waals surface area contributed by atoms with Crippen molar-refractivity contribution in [1.82, 2.24) is 4.90 Å². The van der Waals surface area contributed by atoms with Crippen LogP contribution in [0.1, 0.15) is 19.8 Å². The van der Waals surface area contributed by atoms with E-state index in [1.807, 2.05) is 0 Å².